The molecule has 3 heterocycles. The van der Waals surface area contributed by atoms with E-state index in [9.17, 15) is 0 Å². The summed E-state index contributed by atoms with van der Waals surface area (Å²) in [4.78, 5) is 7.01. The van der Waals surface area contributed by atoms with Crippen LogP contribution in [0, 0.1) is 5.92 Å². The van der Waals surface area contributed by atoms with Gasteiger partial charge in [-0.25, -0.2) is 0 Å². The molecule has 4 nitrogen and oxygen atoms in total. The minimum absolute atomic E-state index is 0.773. The molecular weight excluding hydrogens is 272 g/mol. The Bertz CT molecular complexity index is 605. The van der Waals surface area contributed by atoms with Gasteiger partial charge in [0.2, 0.25) is 0 Å². The molecule has 3 rings (SSSR count). The molecule has 0 N–H and O–H groups in total. The van der Waals surface area contributed by atoms with Gasteiger partial charge in [0, 0.05) is 25.5 Å². The fourth-order valence-corrected chi connectivity index (χ4v) is 3.45. The molecule has 0 aliphatic carbocycles. The number of piperidine rings is 1. The third-order valence-corrected chi connectivity index (χ3v) is 4.49. The molecule has 1 fully saturated rings. The molecule has 0 aromatic carbocycles. The van der Waals surface area contributed by atoms with E-state index < -0.39 is 0 Å². The lowest BCUT2D eigenvalue weighted by Gasteiger charge is -2.29. The lowest BCUT2D eigenvalue weighted by Crippen LogP contribution is -2.32. The Morgan fingerprint density at radius 3 is 3.00 bits per heavy atom. The van der Waals surface area contributed by atoms with Crippen LogP contribution in [0.25, 0.3) is 11.4 Å². The van der Waals surface area contributed by atoms with E-state index in [0.29, 0.717) is 0 Å². The Hall–Kier alpha value is -1.68. The molecular formula is C18H26N4. The summed E-state index contributed by atoms with van der Waals surface area (Å²) in [5.74, 6) is 0.773. The second kappa shape index (κ2) is 7.05. The van der Waals surface area contributed by atoms with Crippen LogP contribution in [-0.4, -0.2) is 39.8 Å². The summed E-state index contributed by atoms with van der Waals surface area (Å²) in [7, 11) is 2.23. The fourth-order valence-electron chi connectivity index (χ4n) is 3.45. The van der Waals surface area contributed by atoms with Crippen LogP contribution in [0.4, 0.5) is 0 Å². The van der Waals surface area contributed by atoms with E-state index in [1.165, 1.54) is 31.5 Å². The maximum atomic E-state index is 4.56. The minimum Gasteiger partial charge on any atom is -0.306 e. The van der Waals surface area contributed by atoms with Gasteiger partial charge < -0.3 is 4.90 Å². The van der Waals surface area contributed by atoms with Crippen LogP contribution in [0.5, 0.6) is 0 Å². The van der Waals surface area contributed by atoms with Gasteiger partial charge in [-0.05, 0) is 69.0 Å². The first-order valence-corrected chi connectivity index (χ1v) is 8.42. The number of hydrogen-bond acceptors (Lipinski definition) is 3. The monoisotopic (exact) mass is 298 g/mol. The normalized spacial score (nSPS) is 19.5. The van der Waals surface area contributed by atoms with Gasteiger partial charge >= 0.3 is 0 Å². The molecule has 0 saturated carbocycles. The highest BCUT2D eigenvalue weighted by atomic mass is 15.3. The lowest BCUT2D eigenvalue weighted by atomic mass is 9.91. The van der Waals surface area contributed by atoms with Crippen LogP contribution in [0.2, 0.25) is 0 Å². The van der Waals surface area contributed by atoms with Crippen molar-refractivity contribution in [2.75, 3.05) is 20.1 Å². The van der Waals surface area contributed by atoms with E-state index in [2.05, 4.69) is 51.8 Å². The molecule has 4 heteroatoms. The fraction of sp³-hybridized carbons (Fsp3) is 0.556. The Morgan fingerprint density at radius 2 is 2.18 bits per heavy atom. The molecule has 2 aromatic rings. The number of nitrogens with zero attached hydrogens (tertiary/aromatic N) is 4. The lowest BCUT2D eigenvalue weighted by molar-refractivity contribution is 0.209. The van der Waals surface area contributed by atoms with Gasteiger partial charge in [-0.2, -0.15) is 5.10 Å². The third-order valence-electron chi connectivity index (χ3n) is 4.49. The second-order valence-electron chi connectivity index (χ2n) is 6.46. The number of pyridine rings is 1. The molecule has 0 unspecified atom stereocenters. The first-order valence-electron chi connectivity index (χ1n) is 8.42. The number of aromatic nitrogens is 3. The van der Waals surface area contributed by atoms with Gasteiger partial charge in [0.25, 0.3) is 0 Å². The molecule has 0 bridgehead atoms. The van der Waals surface area contributed by atoms with Crippen molar-refractivity contribution in [1.29, 1.82) is 0 Å². The molecule has 1 saturated heterocycles. The van der Waals surface area contributed by atoms with Crippen LogP contribution in [0.15, 0.2) is 30.6 Å². The van der Waals surface area contributed by atoms with Gasteiger partial charge in [-0.15, -0.1) is 0 Å². The van der Waals surface area contributed by atoms with Crippen LogP contribution < -0.4 is 0 Å². The number of hydrogen-bond donors (Lipinski definition) is 0. The summed E-state index contributed by atoms with van der Waals surface area (Å²) in [5, 5.41) is 4.41. The molecule has 1 aliphatic heterocycles. The maximum Gasteiger partial charge on any atom is 0.0885 e. The van der Waals surface area contributed by atoms with Crippen LogP contribution in [-0.2, 0) is 13.0 Å². The van der Waals surface area contributed by atoms with Crippen molar-refractivity contribution < 1.29 is 0 Å². The highest BCUT2D eigenvalue weighted by molar-refractivity contribution is 5.55. The van der Waals surface area contributed by atoms with Gasteiger partial charge in [-0.3, -0.25) is 9.67 Å². The molecule has 118 valence electrons. The molecule has 0 spiro atoms. The minimum atomic E-state index is 0.773. The van der Waals surface area contributed by atoms with E-state index in [1.807, 2.05) is 12.4 Å². The average molecular weight is 298 g/mol. The van der Waals surface area contributed by atoms with Crippen molar-refractivity contribution in [3.63, 3.8) is 0 Å². The maximum absolute atomic E-state index is 4.56. The van der Waals surface area contributed by atoms with Crippen molar-refractivity contribution in [3.8, 4) is 11.4 Å². The first-order chi connectivity index (χ1) is 10.8. The quantitative estimate of drug-likeness (QED) is 0.850. The van der Waals surface area contributed by atoms with E-state index in [4.69, 9.17) is 0 Å². The second-order valence-corrected chi connectivity index (χ2v) is 6.46. The Balaban J connectivity index is 1.76. The predicted octanol–water partition coefficient (Wildman–Crippen LogP) is 3.24. The van der Waals surface area contributed by atoms with Crippen LogP contribution >= 0.6 is 0 Å². The van der Waals surface area contributed by atoms with Crippen molar-refractivity contribution in [2.45, 2.75) is 39.2 Å². The summed E-state index contributed by atoms with van der Waals surface area (Å²) < 4.78 is 2.06. The SMILES string of the molecule is CCCn1nccc1-c1cc(C[C@@H]2CCCN(C)C2)ccn1. The standard InChI is InChI=1S/C18H26N4/c1-3-10-22-18(7-9-20-22)17-13-15(6-8-19-17)12-16-5-4-11-21(2)14-16/h6-9,13,16H,3-5,10-12,14H2,1-2H3/t16-/m0/s1. The van der Waals surface area contributed by atoms with Gasteiger partial charge in [0.15, 0.2) is 0 Å². The summed E-state index contributed by atoms with van der Waals surface area (Å²) in [6.45, 7) is 5.58. The number of likely N-dealkylation sites (tertiary alicyclic amines) is 1. The van der Waals surface area contributed by atoms with Gasteiger partial charge in [-0.1, -0.05) is 6.92 Å². The van der Waals surface area contributed by atoms with Gasteiger partial charge in [0.1, 0.15) is 0 Å². The summed E-state index contributed by atoms with van der Waals surface area (Å²) in [5.41, 5.74) is 3.58. The number of rotatable bonds is 5. The highest BCUT2D eigenvalue weighted by Crippen LogP contribution is 2.23. The molecule has 1 atom stereocenters. The van der Waals surface area contributed by atoms with E-state index >= 15 is 0 Å². The number of aryl methyl sites for hydroxylation is 1. The Labute approximate surface area is 133 Å². The van der Waals surface area contributed by atoms with Crippen molar-refractivity contribution >= 4 is 0 Å². The van der Waals surface area contributed by atoms with Crippen molar-refractivity contribution in [2.24, 2.45) is 5.92 Å². The predicted molar refractivity (Wildman–Crippen MR) is 89.7 cm³/mol. The average Bonchev–Trinajstić information content (AvgIpc) is 2.96. The molecule has 1 aliphatic rings. The Morgan fingerprint density at radius 1 is 1.27 bits per heavy atom. The zero-order valence-corrected chi connectivity index (χ0v) is 13.7. The smallest absolute Gasteiger partial charge is 0.0885 e. The van der Waals surface area contributed by atoms with E-state index in [1.54, 1.807) is 0 Å². The molecule has 22 heavy (non-hydrogen) atoms. The van der Waals surface area contributed by atoms with E-state index in [-0.39, 0.29) is 0 Å². The third kappa shape index (κ3) is 3.55. The topological polar surface area (TPSA) is 34.0 Å². The van der Waals surface area contributed by atoms with Crippen LogP contribution in [0.3, 0.4) is 0 Å². The molecule has 0 amide bonds. The largest absolute Gasteiger partial charge is 0.306 e. The summed E-state index contributed by atoms with van der Waals surface area (Å²) in [6.07, 6.45) is 8.72. The van der Waals surface area contributed by atoms with Crippen LogP contribution in [0.1, 0.15) is 31.7 Å². The summed E-state index contributed by atoms with van der Waals surface area (Å²) >= 11 is 0. The zero-order valence-electron chi connectivity index (χ0n) is 13.7. The Kier molecular flexibility index (Phi) is 4.88. The first kappa shape index (κ1) is 15.2. The summed E-state index contributed by atoms with van der Waals surface area (Å²) in [6, 6.07) is 6.48. The highest BCUT2D eigenvalue weighted by Gasteiger charge is 2.18. The van der Waals surface area contributed by atoms with E-state index in [0.717, 1.165) is 36.7 Å². The van der Waals surface area contributed by atoms with Gasteiger partial charge in [0.05, 0.1) is 11.4 Å². The molecule has 0 radical (unpaired) electrons. The molecule has 2 aromatic heterocycles. The van der Waals surface area contributed by atoms with Crippen molar-refractivity contribution in [1.82, 2.24) is 19.7 Å². The zero-order chi connectivity index (χ0) is 15.4. The van der Waals surface area contributed by atoms with Crippen molar-refractivity contribution in [3.05, 3.63) is 36.2 Å².